The molecule has 1 aliphatic heterocycles. The van der Waals surface area contributed by atoms with E-state index in [0.29, 0.717) is 24.2 Å². The first-order chi connectivity index (χ1) is 11.8. The molecule has 1 amide bonds. The first kappa shape index (κ1) is 17.1. The SMILES string of the molecule is C=C(c1ccc(C(F)(F)F)cc1)C1CN(Cc2ccccc2)C(=O)O1. The van der Waals surface area contributed by atoms with E-state index in [4.69, 9.17) is 4.74 Å². The number of rotatable bonds is 4. The second kappa shape index (κ2) is 6.63. The van der Waals surface area contributed by atoms with E-state index in [9.17, 15) is 18.0 Å². The number of cyclic esters (lactones) is 1. The van der Waals surface area contributed by atoms with Crippen molar-refractivity contribution in [3.8, 4) is 0 Å². The van der Waals surface area contributed by atoms with Gasteiger partial charge in [0, 0.05) is 6.54 Å². The number of halogens is 3. The van der Waals surface area contributed by atoms with Gasteiger partial charge >= 0.3 is 12.3 Å². The first-order valence-corrected chi connectivity index (χ1v) is 7.70. The second-order valence-corrected chi connectivity index (χ2v) is 5.84. The number of amides is 1. The number of nitrogens with zero attached hydrogens (tertiary/aromatic N) is 1. The van der Waals surface area contributed by atoms with Crippen molar-refractivity contribution in [2.45, 2.75) is 18.8 Å². The van der Waals surface area contributed by atoms with Gasteiger partial charge in [-0.2, -0.15) is 13.2 Å². The fraction of sp³-hybridized carbons (Fsp3) is 0.211. The molecule has 1 heterocycles. The molecule has 0 saturated carbocycles. The molecule has 1 saturated heterocycles. The standard InChI is InChI=1S/C19H16F3NO2/c1-13(15-7-9-16(10-8-15)19(20,21)22)17-12-23(18(24)25-17)11-14-5-3-2-4-6-14/h2-10,17H,1,11-12H2. The molecule has 2 aromatic rings. The Bertz CT molecular complexity index is 770. The van der Waals surface area contributed by atoms with Crippen molar-refractivity contribution in [3.05, 3.63) is 77.9 Å². The van der Waals surface area contributed by atoms with Crippen LogP contribution in [0.4, 0.5) is 18.0 Å². The third kappa shape index (κ3) is 3.84. The van der Waals surface area contributed by atoms with Crippen LogP contribution < -0.4 is 0 Å². The topological polar surface area (TPSA) is 29.5 Å². The van der Waals surface area contributed by atoms with Crippen LogP contribution in [0.1, 0.15) is 16.7 Å². The van der Waals surface area contributed by atoms with Crippen molar-refractivity contribution in [1.82, 2.24) is 4.90 Å². The van der Waals surface area contributed by atoms with Gasteiger partial charge in [-0.25, -0.2) is 4.79 Å². The fourth-order valence-corrected chi connectivity index (χ4v) is 2.68. The molecule has 6 heteroatoms. The molecule has 0 spiro atoms. The highest BCUT2D eigenvalue weighted by Crippen LogP contribution is 2.31. The van der Waals surface area contributed by atoms with Gasteiger partial charge in [0.15, 0.2) is 0 Å². The maximum atomic E-state index is 12.6. The lowest BCUT2D eigenvalue weighted by molar-refractivity contribution is -0.137. The summed E-state index contributed by atoms with van der Waals surface area (Å²) in [6.45, 7) is 4.62. The van der Waals surface area contributed by atoms with Crippen molar-refractivity contribution in [2.24, 2.45) is 0 Å². The fourth-order valence-electron chi connectivity index (χ4n) is 2.68. The Hall–Kier alpha value is -2.76. The van der Waals surface area contributed by atoms with E-state index in [0.717, 1.165) is 17.7 Å². The molecule has 1 unspecified atom stereocenters. The third-order valence-electron chi connectivity index (χ3n) is 4.08. The maximum absolute atomic E-state index is 12.6. The van der Waals surface area contributed by atoms with Crippen molar-refractivity contribution in [1.29, 1.82) is 0 Å². The summed E-state index contributed by atoms with van der Waals surface area (Å²) in [4.78, 5) is 13.6. The molecule has 2 aromatic carbocycles. The van der Waals surface area contributed by atoms with E-state index in [1.165, 1.54) is 12.1 Å². The summed E-state index contributed by atoms with van der Waals surface area (Å²) in [6.07, 6.45) is -5.42. The Labute approximate surface area is 143 Å². The average Bonchev–Trinajstić information content (AvgIpc) is 2.95. The highest BCUT2D eigenvalue weighted by molar-refractivity contribution is 5.76. The zero-order chi connectivity index (χ0) is 18.0. The first-order valence-electron chi connectivity index (χ1n) is 7.70. The van der Waals surface area contributed by atoms with E-state index in [1.54, 1.807) is 4.90 Å². The number of carbonyl (C=O) groups excluding carboxylic acids is 1. The summed E-state index contributed by atoms with van der Waals surface area (Å²) >= 11 is 0. The molecule has 1 fully saturated rings. The van der Waals surface area contributed by atoms with Crippen molar-refractivity contribution < 1.29 is 22.7 Å². The van der Waals surface area contributed by atoms with Gasteiger partial charge < -0.3 is 4.74 Å². The molecule has 0 bridgehead atoms. The molecule has 0 radical (unpaired) electrons. The summed E-state index contributed by atoms with van der Waals surface area (Å²) in [5.74, 6) is 0. The van der Waals surface area contributed by atoms with E-state index >= 15 is 0 Å². The zero-order valence-electron chi connectivity index (χ0n) is 13.3. The van der Waals surface area contributed by atoms with Crippen LogP contribution in [0.3, 0.4) is 0 Å². The molecule has 1 aliphatic rings. The smallest absolute Gasteiger partial charge is 0.416 e. The van der Waals surface area contributed by atoms with Gasteiger partial charge in [-0.05, 0) is 28.8 Å². The van der Waals surface area contributed by atoms with Crippen molar-refractivity contribution in [3.63, 3.8) is 0 Å². The van der Waals surface area contributed by atoms with Crippen molar-refractivity contribution >= 4 is 11.7 Å². The Morgan fingerprint density at radius 3 is 2.36 bits per heavy atom. The molecule has 3 rings (SSSR count). The predicted molar refractivity (Wildman–Crippen MR) is 87.6 cm³/mol. The lowest BCUT2D eigenvalue weighted by Crippen LogP contribution is -2.24. The minimum atomic E-state index is -4.38. The molecule has 1 atom stereocenters. The van der Waals surface area contributed by atoms with Gasteiger partial charge in [0.2, 0.25) is 0 Å². The highest BCUT2D eigenvalue weighted by Gasteiger charge is 2.34. The van der Waals surface area contributed by atoms with Gasteiger partial charge in [-0.1, -0.05) is 49.0 Å². The van der Waals surface area contributed by atoms with Crippen LogP contribution in [-0.4, -0.2) is 23.6 Å². The van der Waals surface area contributed by atoms with Gasteiger partial charge in [-0.3, -0.25) is 4.90 Å². The summed E-state index contributed by atoms with van der Waals surface area (Å²) in [6, 6.07) is 14.2. The van der Waals surface area contributed by atoms with E-state index in [-0.39, 0.29) is 0 Å². The van der Waals surface area contributed by atoms with Crippen LogP contribution in [0.25, 0.3) is 5.57 Å². The van der Waals surface area contributed by atoms with Gasteiger partial charge in [0.25, 0.3) is 0 Å². The van der Waals surface area contributed by atoms with Crippen LogP contribution in [0.15, 0.2) is 61.2 Å². The number of ether oxygens (including phenoxy) is 1. The molecule has 25 heavy (non-hydrogen) atoms. The van der Waals surface area contributed by atoms with E-state index in [2.05, 4.69) is 6.58 Å². The Balaban J connectivity index is 1.68. The van der Waals surface area contributed by atoms with E-state index < -0.39 is 23.9 Å². The minimum Gasteiger partial charge on any atom is -0.439 e. The third-order valence-corrected chi connectivity index (χ3v) is 4.08. The molecule has 0 aliphatic carbocycles. The predicted octanol–water partition coefficient (Wildman–Crippen LogP) is 4.74. The number of hydrogen-bond donors (Lipinski definition) is 0. The Kier molecular flexibility index (Phi) is 4.53. The maximum Gasteiger partial charge on any atom is 0.416 e. The molecule has 130 valence electrons. The van der Waals surface area contributed by atoms with Gasteiger partial charge in [0.1, 0.15) is 6.10 Å². The summed E-state index contributed by atoms with van der Waals surface area (Å²) in [7, 11) is 0. The van der Waals surface area contributed by atoms with Crippen LogP contribution in [-0.2, 0) is 17.5 Å². The number of carbonyl (C=O) groups is 1. The Morgan fingerprint density at radius 2 is 1.76 bits per heavy atom. The van der Waals surface area contributed by atoms with Crippen LogP contribution in [0, 0.1) is 0 Å². The summed E-state index contributed by atoms with van der Waals surface area (Å²) in [5.41, 5.74) is 1.25. The molecular weight excluding hydrogens is 331 g/mol. The van der Waals surface area contributed by atoms with Gasteiger partial charge in [0.05, 0.1) is 12.1 Å². The van der Waals surface area contributed by atoms with Crippen LogP contribution in [0.5, 0.6) is 0 Å². The minimum absolute atomic E-state index is 0.313. The number of benzene rings is 2. The van der Waals surface area contributed by atoms with Crippen molar-refractivity contribution in [2.75, 3.05) is 6.54 Å². The lowest BCUT2D eigenvalue weighted by Gasteiger charge is -2.14. The van der Waals surface area contributed by atoms with Crippen LogP contribution >= 0.6 is 0 Å². The Morgan fingerprint density at radius 1 is 1.12 bits per heavy atom. The molecule has 3 nitrogen and oxygen atoms in total. The quantitative estimate of drug-likeness (QED) is 0.799. The normalized spacial score (nSPS) is 17.5. The van der Waals surface area contributed by atoms with Crippen LogP contribution in [0.2, 0.25) is 0 Å². The van der Waals surface area contributed by atoms with Gasteiger partial charge in [-0.15, -0.1) is 0 Å². The number of hydrogen-bond acceptors (Lipinski definition) is 2. The lowest BCUT2D eigenvalue weighted by atomic mass is 10.0. The molecule has 0 aromatic heterocycles. The highest BCUT2D eigenvalue weighted by atomic mass is 19.4. The zero-order valence-corrected chi connectivity index (χ0v) is 13.3. The average molecular weight is 347 g/mol. The molecule has 0 N–H and O–H groups in total. The largest absolute Gasteiger partial charge is 0.439 e. The molecular formula is C19H16F3NO2. The summed E-state index contributed by atoms with van der Waals surface area (Å²) < 4.78 is 43.2. The van der Waals surface area contributed by atoms with E-state index in [1.807, 2.05) is 30.3 Å². The summed E-state index contributed by atoms with van der Waals surface area (Å²) in [5, 5.41) is 0. The second-order valence-electron chi connectivity index (χ2n) is 5.84. The monoisotopic (exact) mass is 347 g/mol. The number of alkyl halides is 3.